The third kappa shape index (κ3) is 5.35. The first-order valence-electron chi connectivity index (χ1n) is 6.44. The third-order valence-electron chi connectivity index (χ3n) is 3.33. The van der Waals surface area contributed by atoms with Crippen molar-refractivity contribution < 1.29 is 13.9 Å². The molecule has 114 valence electrons. The first-order valence-corrected chi connectivity index (χ1v) is 6.44. The zero-order chi connectivity index (χ0) is 14.3. The van der Waals surface area contributed by atoms with Crippen molar-refractivity contribution in [2.45, 2.75) is 32.2 Å². The molecule has 0 saturated heterocycles. The van der Waals surface area contributed by atoms with Gasteiger partial charge in [-0.15, -0.1) is 12.4 Å². The number of hydrogen-bond donors (Lipinski definition) is 2. The second-order valence-corrected chi connectivity index (χ2v) is 4.48. The Hall–Kier alpha value is -1.33. The molecule has 0 heterocycles. The Morgan fingerprint density at radius 2 is 1.85 bits per heavy atom. The van der Waals surface area contributed by atoms with Crippen LogP contribution in [0, 0.1) is 5.82 Å². The lowest BCUT2D eigenvalue weighted by Gasteiger charge is -2.31. The van der Waals surface area contributed by atoms with Crippen LogP contribution >= 0.6 is 12.4 Å². The molecular formula is C14H22ClFN2O2. The number of ether oxygens (including phenoxy) is 1. The Kier molecular flexibility index (Phi) is 8.18. The zero-order valence-electron chi connectivity index (χ0n) is 11.8. The maximum absolute atomic E-state index is 12.7. The number of rotatable bonds is 7. The highest BCUT2D eigenvalue weighted by Gasteiger charge is 2.26. The lowest BCUT2D eigenvalue weighted by Crippen LogP contribution is -2.54. The summed E-state index contributed by atoms with van der Waals surface area (Å²) in [6.45, 7) is 4.25. The summed E-state index contributed by atoms with van der Waals surface area (Å²) in [5.74, 6) is -0.0997. The highest BCUT2D eigenvalue weighted by molar-refractivity contribution is 5.85. The molecule has 0 aromatic heterocycles. The van der Waals surface area contributed by atoms with Gasteiger partial charge < -0.3 is 15.8 Å². The molecular weight excluding hydrogens is 283 g/mol. The smallest absolute Gasteiger partial charge is 0.258 e. The van der Waals surface area contributed by atoms with Crippen molar-refractivity contribution in [2.24, 2.45) is 5.73 Å². The number of halogens is 2. The summed E-state index contributed by atoms with van der Waals surface area (Å²) in [6.07, 6.45) is 1.53. The normalized spacial score (nSPS) is 10.6. The molecule has 4 nitrogen and oxygen atoms in total. The van der Waals surface area contributed by atoms with E-state index in [1.807, 2.05) is 13.8 Å². The van der Waals surface area contributed by atoms with Crippen molar-refractivity contribution in [1.82, 2.24) is 5.32 Å². The molecule has 1 amide bonds. The van der Waals surface area contributed by atoms with Crippen LogP contribution in [0.3, 0.4) is 0 Å². The van der Waals surface area contributed by atoms with E-state index in [2.05, 4.69) is 5.32 Å². The fourth-order valence-electron chi connectivity index (χ4n) is 1.78. The van der Waals surface area contributed by atoms with Crippen molar-refractivity contribution in [3.63, 3.8) is 0 Å². The van der Waals surface area contributed by atoms with Crippen LogP contribution in [0.25, 0.3) is 0 Å². The van der Waals surface area contributed by atoms with Crippen LogP contribution in [0.2, 0.25) is 0 Å². The van der Waals surface area contributed by atoms with E-state index < -0.39 is 0 Å². The molecule has 1 rings (SSSR count). The minimum absolute atomic E-state index is 0. The van der Waals surface area contributed by atoms with Crippen LogP contribution in [0.1, 0.15) is 26.7 Å². The molecule has 1 aromatic rings. The zero-order valence-corrected chi connectivity index (χ0v) is 12.6. The summed E-state index contributed by atoms with van der Waals surface area (Å²) in [5, 5.41) is 2.90. The van der Waals surface area contributed by atoms with Gasteiger partial charge in [0.15, 0.2) is 6.61 Å². The molecule has 0 unspecified atom stereocenters. The number of carbonyl (C=O) groups is 1. The lowest BCUT2D eigenvalue weighted by atomic mass is 9.93. The van der Waals surface area contributed by atoms with Gasteiger partial charge in [-0.25, -0.2) is 4.39 Å². The highest BCUT2D eigenvalue weighted by atomic mass is 35.5. The third-order valence-corrected chi connectivity index (χ3v) is 3.33. The van der Waals surface area contributed by atoms with Crippen LogP contribution in [-0.2, 0) is 4.79 Å². The second kappa shape index (κ2) is 8.76. The Morgan fingerprint density at radius 3 is 2.30 bits per heavy atom. The van der Waals surface area contributed by atoms with Gasteiger partial charge in [0.25, 0.3) is 5.91 Å². The molecule has 0 aliphatic heterocycles. The van der Waals surface area contributed by atoms with Crippen molar-refractivity contribution in [3.8, 4) is 5.75 Å². The van der Waals surface area contributed by atoms with E-state index in [4.69, 9.17) is 10.5 Å². The number of hydrogen-bond acceptors (Lipinski definition) is 3. The van der Waals surface area contributed by atoms with Crippen molar-refractivity contribution >= 4 is 18.3 Å². The van der Waals surface area contributed by atoms with Gasteiger partial charge in [-0.05, 0) is 37.1 Å². The van der Waals surface area contributed by atoms with E-state index in [1.54, 1.807) is 0 Å². The molecule has 20 heavy (non-hydrogen) atoms. The topological polar surface area (TPSA) is 64.3 Å². The standard InChI is InChI=1S/C14H21FN2O2.ClH/c1-3-14(4-2,10-16)17-13(18)9-19-12-7-5-11(15)6-8-12;/h5-8H,3-4,9-10,16H2,1-2H3,(H,17,18);1H. The molecule has 0 saturated carbocycles. The van der Waals surface area contributed by atoms with Crippen molar-refractivity contribution in [1.29, 1.82) is 0 Å². The van der Waals surface area contributed by atoms with Crippen LogP contribution in [0.4, 0.5) is 4.39 Å². The fraction of sp³-hybridized carbons (Fsp3) is 0.500. The number of amides is 1. The summed E-state index contributed by atoms with van der Waals surface area (Å²) in [4.78, 5) is 11.8. The van der Waals surface area contributed by atoms with Gasteiger partial charge >= 0.3 is 0 Å². The number of carbonyl (C=O) groups excluding carboxylic acids is 1. The average Bonchev–Trinajstić information content (AvgIpc) is 2.44. The van der Waals surface area contributed by atoms with Gasteiger partial charge in [-0.3, -0.25) is 4.79 Å². The summed E-state index contributed by atoms with van der Waals surface area (Å²) < 4.78 is 18.0. The fourth-order valence-corrected chi connectivity index (χ4v) is 1.78. The van der Waals surface area contributed by atoms with Crippen molar-refractivity contribution in [2.75, 3.05) is 13.2 Å². The molecule has 1 aromatic carbocycles. The molecule has 0 spiro atoms. The predicted octanol–water partition coefficient (Wildman–Crippen LogP) is 2.26. The molecule has 6 heteroatoms. The molecule has 0 radical (unpaired) electrons. The summed E-state index contributed by atoms with van der Waals surface area (Å²) >= 11 is 0. The maximum Gasteiger partial charge on any atom is 0.258 e. The maximum atomic E-state index is 12.7. The van der Waals surface area contributed by atoms with Gasteiger partial charge in [0.05, 0.1) is 5.54 Å². The Labute approximate surface area is 125 Å². The van der Waals surface area contributed by atoms with Gasteiger partial charge in [-0.1, -0.05) is 13.8 Å². The molecule has 3 N–H and O–H groups in total. The Balaban J connectivity index is 0.00000361. The molecule has 0 bridgehead atoms. The summed E-state index contributed by atoms with van der Waals surface area (Å²) in [5.41, 5.74) is 5.33. The highest BCUT2D eigenvalue weighted by Crippen LogP contribution is 2.14. The molecule has 0 aliphatic carbocycles. The largest absolute Gasteiger partial charge is 0.484 e. The quantitative estimate of drug-likeness (QED) is 0.812. The van der Waals surface area contributed by atoms with Gasteiger partial charge in [0, 0.05) is 6.54 Å². The number of nitrogens with two attached hydrogens (primary N) is 1. The summed E-state index contributed by atoms with van der Waals surface area (Å²) in [7, 11) is 0. The van der Waals surface area contributed by atoms with Crippen LogP contribution < -0.4 is 15.8 Å². The minimum Gasteiger partial charge on any atom is -0.484 e. The van der Waals surface area contributed by atoms with Crippen LogP contribution in [0.5, 0.6) is 5.75 Å². The van der Waals surface area contributed by atoms with Gasteiger partial charge in [0.2, 0.25) is 0 Å². The Morgan fingerprint density at radius 1 is 1.30 bits per heavy atom. The number of benzene rings is 1. The SMILES string of the molecule is CCC(CC)(CN)NC(=O)COc1ccc(F)cc1.Cl. The van der Waals surface area contributed by atoms with Crippen LogP contribution in [-0.4, -0.2) is 24.6 Å². The lowest BCUT2D eigenvalue weighted by molar-refractivity contribution is -0.125. The monoisotopic (exact) mass is 304 g/mol. The van der Waals surface area contributed by atoms with Gasteiger partial charge in [-0.2, -0.15) is 0 Å². The van der Waals surface area contributed by atoms with E-state index in [0.29, 0.717) is 12.3 Å². The van der Waals surface area contributed by atoms with Crippen molar-refractivity contribution in [3.05, 3.63) is 30.1 Å². The van der Waals surface area contributed by atoms with E-state index in [1.165, 1.54) is 24.3 Å². The molecule has 0 fully saturated rings. The average molecular weight is 305 g/mol. The van der Waals surface area contributed by atoms with E-state index in [9.17, 15) is 9.18 Å². The predicted molar refractivity (Wildman–Crippen MR) is 79.7 cm³/mol. The van der Waals surface area contributed by atoms with Gasteiger partial charge in [0.1, 0.15) is 11.6 Å². The minimum atomic E-state index is -0.372. The molecule has 0 atom stereocenters. The van der Waals surface area contributed by atoms with Crippen LogP contribution in [0.15, 0.2) is 24.3 Å². The van der Waals surface area contributed by atoms with E-state index >= 15 is 0 Å². The number of nitrogens with one attached hydrogen (secondary N) is 1. The molecule has 0 aliphatic rings. The first kappa shape index (κ1) is 18.7. The second-order valence-electron chi connectivity index (χ2n) is 4.48. The van der Waals surface area contributed by atoms with E-state index in [0.717, 1.165) is 12.8 Å². The summed E-state index contributed by atoms with van der Waals surface area (Å²) in [6, 6.07) is 5.54. The first-order chi connectivity index (χ1) is 9.05. The Bertz CT molecular complexity index is 400. The van der Waals surface area contributed by atoms with E-state index in [-0.39, 0.29) is 36.3 Å².